The van der Waals surface area contributed by atoms with Crippen LogP contribution in [0.25, 0.3) is 0 Å². The summed E-state index contributed by atoms with van der Waals surface area (Å²) in [7, 11) is -1.69. The van der Waals surface area contributed by atoms with Crippen molar-refractivity contribution in [3.05, 3.63) is 23.7 Å². The lowest BCUT2D eigenvalue weighted by molar-refractivity contribution is -0.132. The Morgan fingerprint density at radius 1 is 1.33 bits per heavy atom. The summed E-state index contributed by atoms with van der Waals surface area (Å²) < 4.78 is 29.9. The third-order valence-corrected chi connectivity index (χ3v) is 6.34. The first-order valence-electron chi connectivity index (χ1n) is 8.28. The lowest BCUT2D eigenvalue weighted by Crippen LogP contribution is -2.47. The van der Waals surface area contributed by atoms with E-state index in [1.807, 2.05) is 12.1 Å². The smallest absolute Gasteiger partial charge is 0.227 e. The van der Waals surface area contributed by atoms with E-state index in [-0.39, 0.29) is 17.9 Å². The first-order chi connectivity index (χ1) is 11.3. The van der Waals surface area contributed by atoms with Gasteiger partial charge in [-0.15, -0.1) is 0 Å². The average Bonchev–Trinajstić information content (AvgIpc) is 3.10. The molecule has 2 aliphatic heterocycles. The third-order valence-electron chi connectivity index (χ3n) is 5.07. The summed E-state index contributed by atoms with van der Waals surface area (Å²) in [6.45, 7) is 3.31. The van der Waals surface area contributed by atoms with Crippen molar-refractivity contribution in [2.45, 2.75) is 32.4 Å². The highest BCUT2D eigenvalue weighted by Gasteiger charge is 2.45. The molecule has 7 nitrogen and oxygen atoms in total. The van der Waals surface area contributed by atoms with Crippen molar-refractivity contribution in [2.75, 3.05) is 32.9 Å². The van der Waals surface area contributed by atoms with Crippen LogP contribution in [0.5, 0.6) is 0 Å². The van der Waals surface area contributed by atoms with Crippen molar-refractivity contribution in [1.82, 2.24) is 14.5 Å². The van der Waals surface area contributed by atoms with E-state index in [0.717, 1.165) is 44.7 Å². The van der Waals surface area contributed by atoms with Gasteiger partial charge >= 0.3 is 0 Å². The number of hydrogen-bond acceptors (Lipinski definition) is 5. The highest BCUT2D eigenvalue weighted by molar-refractivity contribution is 7.88. The summed E-state index contributed by atoms with van der Waals surface area (Å²) in [5, 5.41) is 2.99. The van der Waals surface area contributed by atoms with Gasteiger partial charge in [-0.25, -0.2) is 8.42 Å². The molecule has 2 aliphatic rings. The molecule has 0 unspecified atom stereocenters. The Balaban J connectivity index is 1.59. The number of hydrogen-bond donors (Lipinski definition) is 1. The van der Waals surface area contributed by atoms with Gasteiger partial charge in [0, 0.05) is 20.1 Å². The largest absolute Gasteiger partial charge is 0.463 e. The van der Waals surface area contributed by atoms with Crippen LogP contribution in [-0.2, 0) is 27.9 Å². The van der Waals surface area contributed by atoms with E-state index >= 15 is 0 Å². The molecule has 2 fully saturated rings. The van der Waals surface area contributed by atoms with Gasteiger partial charge in [0.1, 0.15) is 11.5 Å². The molecular weight excluding hydrogens is 330 g/mol. The molecule has 0 saturated carbocycles. The molecule has 8 heteroatoms. The van der Waals surface area contributed by atoms with Crippen LogP contribution in [0.4, 0.5) is 0 Å². The van der Waals surface area contributed by atoms with Crippen LogP contribution in [0.15, 0.2) is 16.5 Å². The quantitative estimate of drug-likeness (QED) is 0.844. The highest BCUT2D eigenvalue weighted by atomic mass is 32.2. The first kappa shape index (κ1) is 17.4. The topological polar surface area (TPSA) is 82.9 Å². The number of nitrogens with zero attached hydrogens (tertiary/aromatic N) is 2. The molecule has 0 radical (unpaired) electrons. The number of piperidine rings is 1. The molecule has 24 heavy (non-hydrogen) atoms. The Hall–Kier alpha value is -1.38. The molecular formula is C16H25N3O4S. The number of nitrogens with one attached hydrogen (secondary N) is 1. The molecule has 1 amide bonds. The number of amides is 1. The van der Waals surface area contributed by atoms with Gasteiger partial charge in [0.2, 0.25) is 15.9 Å². The SMILES string of the molecule is CN(Cc1ccc(CN2CC[C@@]3(CCCNC3=O)C2)o1)S(C)(=O)=O. The number of furan rings is 1. The van der Waals surface area contributed by atoms with Crippen LogP contribution in [0.2, 0.25) is 0 Å². The standard InChI is InChI=1S/C16H25N3O4S/c1-18(24(2,21)22)10-13-4-5-14(23-13)11-19-9-7-16(12-19)6-3-8-17-15(16)20/h4-5H,3,6-12H2,1-2H3,(H,17,20)/t16-/m0/s1. The third kappa shape index (κ3) is 3.65. The molecule has 0 aromatic carbocycles. The second-order valence-corrected chi connectivity index (χ2v) is 9.08. The molecule has 1 N–H and O–H groups in total. The molecule has 0 aliphatic carbocycles. The van der Waals surface area contributed by atoms with Gasteiger partial charge < -0.3 is 9.73 Å². The lowest BCUT2D eigenvalue weighted by atomic mass is 9.79. The van der Waals surface area contributed by atoms with Crippen molar-refractivity contribution >= 4 is 15.9 Å². The highest BCUT2D eigenvalue weighted by Crippen LogP contribution is 2.37. The van der Waals surface area contributed by atoms with Crippen molar-refractivity contribution in [3.63, 3.8) is 0 Å². The minimum absolute atomic E-state index is 0.186. The van der Waals surface area contributed by atoms with Crippen LogP contribution >= 0.6 is 0 Å². The van der Waals surface area contributed by atoms with Crippen LogP contribution < -0.4 is 5.32 Å². The molecule has 2 saturated heterocycles. The molecule has 134 valence electrons. The lowest BCUT2D eigenvalue weighted by Gasteiger charge is -2.32. The Kier molecular flexibility index (Phi) is 4.72. The molecule has 1 atom stereocenters. The zero-order valence-corrected chi connectivity index (χ0v) is 15.1. The Labute approximate surface area is 143 Å². The van der Waals surface area contributed by atoms with E-state index in [4.69, 9.17) is 4.42 Å². The zero-order chi connectivity index (χ0) is 17.4. The minimum atomic E-state index is -3.22. The van der Waals surface area contributed by atoms with Crippen molar-refractivity contribution in [1.29, 1.82) is 0 Å². The molecule has 1 spiro atoms. The zero-order valence-electron chi connectivity index (χ0n) is 14.2. The van der Waals surface area contributed by atoms with Gasteiger partial charge in [-0.3, -0.25) is 9.69 Å². The molecule has 1 aromatic rings. The van der Waals surface area contributed by atoms with Gasteiger partial charge in [0.05, 0.1) is 24.8 Å². The van der Waals surface area contributed by atoms with Gasteiger partial charge in [0.15, 0.2) is 0 Å². The maximum atomic E-state index is 12.2. The van der Waals surface area contributed by atoms with Crippen LogP contribution in [0.3, 0.4) is 0 Å². The van der Waals surface area contributed by atoms with Crippen molar-refractivity contribution in [3.8, 4) is 0 Å². The number of likely N-dealkylation sites (tertiary alicyclic amines) is 1. The molecule has 0 bridgehead atoms. The normalized spacial score (nSPS) is 25.5. The van der Waals surface area contributed by atoms with E-state index in [1.165, 1.54) is 17.6 Å². The van der Waals surface area contributed by atoms with Gasteiger partial charge in [-0.05, 0) is 37.9 Å². The maximum absolute atomic E-state index is 12.2. The van der Waals surface area contributed by atoms with Crippen molar-refractivity contribution < 1.29 is 17.6 Å². The number of rotatable bonds is 5. The second-order valence-electron chi connectivity index (χ2n) is 6.99. The maximum Gasteiger partial charge on any atom is 0.227 e. The summed E-state index contributed by atoms with van der Waals surface area (Å²) in [5.74, 6) is 1.62. The van der Waals surface area contributed by atoms with E-state index in [9.17, 15) is 13.2 Å². The fraction of sp³-hybridized carbons (Fsp3) is 0.688. The number of carbonyl (C=O) groups is 1. The van der Waals surface area contributed by atoms with E-state index in [2.05, 4.69) is 10.2 Å². The minimum Gasteiger partial charge on any atom is -0.463 e. The summed E-state index contributed by atoms with van der Waals surface area (Å²) in [4.78, 5) is 14.5. The van der Waals surface area contributed by atoms with Crippen molar-refractivity contribution in [2.24, 2.45) is 5.41 Å². The van der Waals surface area contributed by atoms with Crippen LogP contribution in [0.1, 0.15) is 30.8 Å². The Morgan fingerprint density at radius 2 is 2.08 bits per heavy atom. The van der Waals surface area contributed by atoms with Crippen LogP contribution in [0, 0.1) is 5.41 Å². The predicted molar refractivity (Wildman–Crippen MR) is 89.6 cm³/mol. The predicted octanol–water partition coefficient (Wildman–Crippen LogP) is 0.773. The molecule has 3 heterocycles. The van der Waals surface area contributed by atoms with Crippen LogP contribution in [-0.4, -0.2) is 56.5 Å². The summed E-state index contributed by atoms with van der Waals surface area (Å²) in [6, 6.07) is 3.70. The summed E-state index contributed by atoms with van der Waals surface area (Å²) in [5.41, 5.74) is -0.232. The van der Waals surface area contributed by atoms with E-state index < -0.39 is 10.0 Å². The first-order valence-corrected chi connectivity index (χ1v) is 10.1. The summed E-state index contributed by atoms with van der Waals surface area (Å²) in [6.07, 6.45) is 4.07. The average molecular weight is 355 g/mol. The summed E-state index contributed by atoms with van der Waals surface area (Å²) >= 11 is 0. The molecule has 1 aromatic heterocycles. The Morgan fingerprint density at radius 3 is 2.79 bits per heavy atom. The van der Waals surface area contributed by atoms with Gasteiger partial charge in [-0.2, -0.15) is 4.31 Å². The van der Waals surface area contributed by atoms with Gasteiger partial charge in [0.25, 0.3) is 0 Å². The van der Waals surface area contributed by atoms with E-state index in [1.54, 1.807) is 0 Å². The van der Waals surface area contributed by atoms with Gasteiger partial charge in [-0.1, -0.05) is 0 Å². The fourth-order valence-electron chi connectivity index (χ4n) is 3.56. The Bertz CT molecular complexity index is 715. The molecule has 3 rings (SSSR count). The number of carbonyl (C=O) groups excluding carboxylic acids is 1. The second kappa shape index (κ2) is 6.50. The monoisotopic (exact) mass is 355 g/mol. The van der Waals surface area contributed by atoms with E-state index in [0.29, 0.717) is 12.3 Å². The number of sulfonamides is 1. The fourth-order valence-corrected chi connectivity index (χ4v) is 3.92.